The highest BCUT2D eigenvalue weighted by molar-refractivity contribution is 5.02. The van der Waals surface area contributed by atoms with E-state index in [1.54, 1.807) is 0 Å². The fourth-order valence-corrected chi connectivity index (χ4v) is 2.64. The summed E-state index contributed by atoms with van der Waals surface area (Å²) in [6.45, 7) is 0.617. The van der Waals surface area contributed by atoms with E-state index in [4.69, 9.17) is 4.52 Å². The number of hydrogen-bond donors (Lipinski definition) is 2. The van der Waals surface area contributed by atoms with E-state index in [2.05, 4.69) is 15.5 Å². The second-order valence-corrected chi connectivity index (χ2v) is 4.82. The van der Waals surface area contributed by atoms with E-state index in [1.807, 2.05) is 0 Å². The van der Waals surface area contributed by atoms with Gasteiger partial charge in [0.25, 0.3) is 0 Å². The predicted molar refractivity (Wildman–Crippen MR) is 56.9 cm³/mol. The number of hydrogen-bond acceptors (Lipinski definition) is 5. The number of aliphatic hydroxyl groups excluding tert-OH is 1. The molecule has 1 aliphatic heterocycles. The first-order chi connectivity index (χ1) is 7.83. The maximum Gasteiger partial charge on any atom is 0.243 e. The van der Waals surface area contributed by atoms with E-state index in [0.29, 0.717) is 24.8 Å². The van der Waals surface area contributed by atoms with Crippen LogP contribution in [-0.2, 0) is 0 Å². The Morgan fingerprint density at radius 2 is 2.12 bits per heavy atom. The molecule has 0 unspecified atom stereocenters. The second kappa shape index (κ2) is 4.14. The molecule has 88 valence electrons. The average molecular weight is 223 g/mol. The molecule has 0 aromatic carbocycles. The Labute approximate surface area is 94.2 Å². The van der Waals surface area contributed by atoms with Crippen molar-refractivity contribution < 1.29 is 9.63 Å². The molecular weight excluding hydrogens is 206 g/mol. The summed E-state index contributed by atoms with van der Waals surface area (Å²) in [6.07, 6.45) is 5.29. The van der Waals surface area contributed by atoms with Crippen LogP contribution >= 0.6 is 0 Å². The van der Waals surface area contributed by atoms with Crippen LogP contribution in [-0.4, -0.2) is 27.9 Å². The molecule has 2 N–H and O–H groups in total. The Balaban J connectivity index is 1.72. The number of aromatic nitrogens is 2. The van der Waals surface area contributed by atoms with Crippen molar-refractivity contribution in [3.8, 4) is 0 Å². The average Bonchev–Trinajstić information content (AvgIpc) is 2.97. The van der Waals surface area contributed by atoms with Crippen molar-refractivity contribution in [1.82, 2.24) is 15.5 Å². The molecule has 2 fully saturated rings. The van der Waals surface area contributed by atoms with Gasteiger partial charge in [0.05, 0.1) is 12.1 Å². The van der Waals surface area contributed by atoms with Gasteiger partial charge >= 0.3 is 0 Å². The first kappa shape index (κ1) is 10.2. The summed E-state index contributed by atoms with van der Waals surface area (Å²) in [7, 11) is 0. The minimum Gasteiger partial charge on any atom is -0.392 e. The third-order valence-electron chi connectivity index (χ3n) is 3.58. The Morgan fingerprint density at radius 1 is 1.31 bits per heavy atom. The molecule has 1 aliphatic carbocycles. The quantitative estimate of drug-likeness (QED) is 0.786. The van der Waals surface area contributed by atoms with Gasteiger partial charge in [0.15, 0.2) is 5.82 Å². The lowest BCUT2D eigenvalue weighted by Gasteiger charge is -2.02. The number of aliphatic hydroxyl groups is 1. The molecule has 0 spiro atoms. The molecule has 2 atom stereocenters. The molecular formula is C11H17N3O2. The molecule has 1 saturated heterocycles. The number of nitrogens with one attached hydrogen (secondary N) is 1. The largest absolute Gasteiger partial charge is 0.392 e. The molecule has 0 amide bonds. The first-order valence-electron chi connectivity index (χ1n) is 6.08. The standard InChI is InChI=1S/C11H17N3O2/c15-8-5-9(12-6-8)11-13-10(14-16-11)7-3-1-2-4-7/h7-9,12,15H,1-6H2/t8-,9+/m1/s1. The Morgan fingerprint density at radius 3 is 2.81 bits per heavy atom. The fraction of sp³-hybridized carbons (Fsp3) is 0.818. The molecule has 3 rings (SSSR count). The van der Waals surface area contributed by atoms with Crippen molar-refractivity contribution in [3.63, 3.8) is 0 Å². The summed E-state index contributed by atoms with van der Waals surface area (Å²) in [5.74, 6) is 1.98. The van der Waals surface area contributed by atoms with Gasteiger partial charge in [0, 0.05) is 12.5 Å². The lowest BCUT2D eigenvalue weighted by molar-refractivity contribution is 0.191. The molecule has 16 heavy (non-hydrogen) atoms. The third-order valence-corrected chi connectivity index (χ3v) is 3.58. The maximum atomic E-state index is 9.43. The summed E-state index contributed by atoms with van der Waals surface area (Å²) in [5.41, 5.74) is 0. The van der Waals surface area contributed by atoms with Crippen LogP contribution in [0.15, 0.2) is 4.52 Å². The molecule has 5 nitrogen and oxygen atoms in total. The monoisotopic (exact) mass is 223 g/mol. The highest BCUT2D eigenvalue weighted by atomic mass is 16.5. The molecule has 2 aliphatic rings. The van der Waals surface area contributed by atoms with Gasteiger partial charge in [-0.05, 0) is 19.3 Å². The van der Waals surface area contributed by atoms with Gasteiger partial charge in [-0.3, -0.25) is 0 Å². The van der Waals surface area contributed by atoms with Crippen molar-refractivity contribution in [2.75, 3.05) is 6.54 Å². The number of nitrogens with zero attached hydrogens (tertiary/aromatic N) is 2. The van der Waals surface area contributed by atoms with Crippen LogP contribution in [0.3, 0.4) is 0 Å². The van der Waals surface area contributed by atoms with Crippen molar-refractivity contribution in [3.05, 3.63) is 11.7 Å². The van der Waals surface area contributed by atoms with Gasteiger partial charge < -0.3 is 14.9 Å². The fourth-order valence-electron chi connectivity index (χ4n) is 2.64. The highest BCUT2D eigenvalue weighted by Gasteiger charge is 2.29. The van der Waals surface area contributed by atoms with Gasteiger partial charge in [0.2, 0.25) is 5.89 Å². The zero-order chi connectivity index (χ0) is 11.0. The van der Waals surface area contributed by atoms with Crippen LogP contribution in [0.1, 0.15) is 55.8 Å². The first-order valence-corrected chi connectivity index (χ1v) is 6.08. The van der Waals surface area contributed by atoms with E-state index in [0.717, 1.165) is 5.82 Å². The van der Waals surface area contributed by atoms with Gasteiger partial charge in [-0.1, -0.05) is 18.0 Å². The smallest absolute Gasteiger partial charge is 0.243 e. The molecule has 2 heterocycles. The zero-order valence-corrected chi connectivity index (χ0v) is 9.22. The maximum absolute atomic E-state index is 9.43. The lowest BCUT2D eigenvalue weighted by Crippen LogP contribution is -2.15. The molecule has 0 bridgehead atoms. The van der Waals surface area contributed by atoms with Crippen molar-refractivity contribution in [2.24, 2.45) is 0 Å². The van der Waals surface area contributed by atoms with Crippen LogP contribution in [0, 0.1) is 0 Å². The van der Waals surface area contributed by atoms with Crippen LogP contribution in [0.2, 0.25) is 0 Å². The lowest BCUT2D eigenvalue weighted by atomic mass is 10.1. The Hall–Kier alpha value is -0.940. The van der Waals surface area contributed by atoms with Crippen LogP contribution in [0.25, 0.3) is 0 Å². The minimum atomic E-state index is -0.285. The zero-order valence-electron chi connectivity index (χ0n) is 9.22. The van der Waals surface area contributed by atoms with Crippen LogP contribution in [0.5, 0.6) is 0 Å². The second-order valence-electron chi connectivity index (χ2n) is 4.82. The van der Waals surface area contributed by atoms with Crippen molar-refractivity contribution in [2.45, 2.75) is 50.2 Å². The predicted octanol–water partition coefficient (Wildman–Crippen LogP) is 1.12. The van der Waals surface area contributed by atoms with E-state index in [-0.39, 0.29) is 12.1 Å². The Bertz CT molecular complexity index is 360. The molecule has 0 radical (unpaired) electrons. The normalized spacial score (nSPS) is 31.3. The summed E-state index contributed by atoms with van der Waals surface area (Å²) < 4.78 is 5.27. The minimum absolute atomic E-state index is 0.0395. The van der Waals surface area contributed by atoms with Gasteiger partial charge in [0.1, 0.15) is 0 Å². The van der Waals surface area contributed by atoms with E-state index < -0.39 is 0 Å². The van der Waals surface area contributed by atoms with Gasteiger partial charge in [-0.2, -0.15) is 4.98 Å². The topological polar surface area (TPSA) is 71.2 Å². The molecule has 1 saturated carbocycles. The van der Waals surface area contributed by atoms with E-state index in [1.165, 1.54) is 25.7 Å². The third kappa shape index (κ3) is 1.85. The highest BCUT2D eigenvalue weighted by Crippen LogP contribution is 2.33. The van der Waals surface area contributed by atoms with Crippen molar-refractivity contribution >= 4 is 0 Å². The van der Waals surface area contributed by atoms with Crippen LogP contribution < -0.4 is 5.32 Å². The summed E-state index contributed by atoms with van der Waals surface area (Å²) in [4.78, 5) is 4.46. The summed E-state index contributed by atoms with van der Waals surface area (Å²) in [6, 6.07) is 0.0395. The summed E-state index contributed by atoms with van der Waals surface area (Å²) in [5, 5.41) is 16.7. The van der Waals surface area contributed by atoms with Crippen LogP contribution in [0.4, 0.5) is 0 Å². The number of rotatable bonds is 2. The number of β-amino-alcohol motifs (C(OH)–C–C–N with tert-alkyl or cyclic N) is 1. The molecule has 1 aromatic heterocycles. The molecule has 1 aromatic rings. The summed E-state index contributed by atoms with van der Waals surface area (Å²) >= 11 is 0. The van der Waals surface area contributed by atoms with Crippen molar-refractivity contribution in [1.29, 1.82) is 0 Å². The van der Waals surface area contributed by atoms with E-state index >= 15 is 0 Å². The molecule has 5 heteroatoms. The SMILES string of the molecule is O[C@H]1CN[C@H](c2nc(C3CCCC3)no2)C1. The van der Waals surface area contributed by atoms with Gasteiger partial charge in [-0.15, -0.1) is 0 Å². The Kier molecular flexibility index (Phi) is 2.65. The van der Waals surface area contributed by atoms with E-state index in [9.17, 15) is 5.11 Å². The van der Waals surface area contributed by atoms with Gasteiger partial charge in [-0.25, -0.2) is 0 Å².